The molecule has 1 heterocycles. The lowest BCUT2D eigenvalue weighted by atomic mass is 10.2. The molecule has 110 valence electrons. The van der Waals surface area contributed by atoms with E-state index in [-0.39, 0.29) is 10.6 Å². The molecule has 0 spiro atoms. The van der Waals surface area contributed by atoms with Crippen molar-refractivity contribution in [3.63, 3.8) is 0 Å². The summed E-state index contributed by atoms with van der Waals surface area (Å²) in [5, 5.41) is 10.5. The van der Waals surface area contributed by atoms with Gasteiger partial charge in [-0.3, -0.25) is 10.2 Å². The Bertz CT molecular complexity index is 782. The van der Waals surface area contributed by atoms with Crippen molar-refractivity contribution >= 4 is 38.7 Å². The Hall–Kier alpha value is -2.19. The molecule has 0 aliphatic heterocycles. The minimum atomic E-state index is -3.52. The van der Waals surface area contributed by atoms with Crippen molar-refractivity contribution in [2.45, 2.75) is 4.90 Å². The molecule has 0 aliphatic carbocycles. The van der Waals surface area contributed by atoms with E-state index in [0.29, 0.717) is 5.56 Å². The summed E-state index contributed by atoms with van der Waals surface area (Å²) < 4.78 is 23.5. The van der Waals surface area contributed by atoms with Gasteiger partial charge in [0.2, 0.25) is 0 Å². The molecule has 0 saturated carbocycles. The second kappa shape index (κ2) is 5.66. The quantitative estimate of drug-likeness (QED) is 0.662. The van der Waals surface area contributed by atoms with Crippen LogP contribution in [0.15, 0.2) is 46.0 Å². The fourth-order valence-corrected chi connectivity index (χ4v) is 3.92. The van der Waals surface area contributed by atoms with E-state index >= 15 is 0 Å². The van der Waals surface area contributed by atoms with Crippen molar-refractivity contribution < 1.29 is 13.2 Å². The SMILES string of the molecule is CS(=O)(=O)c1cscc1N(C(=N)N)C(=O)c1ccccc1. The molecule has 6 nitrogen and oxygen atoms in total. The van der Waals surface area contributed by atoms with E-state index in [0.717, 1.165) is 22.5 Å². The van der Waals surface area contributed by atoms with Gasteiger partial charge < -0.3 is 5.73 Å². The third kappa shape index (κ3) is 3.11. The molecule has 21 heavy (non-hydrogen) atoms. The summed E-state index contributed by atoms with van der Waals surface area (Å²) >= 11 is 1.13. The van der Waals surface area contributed by atoms with E-state index in [9.17, 15) is 13.2 Å². The molecule has 0 unspecified atom stereocenters. The molecule has 2 rings (SSSR count). The predicted octanol–water partition coefficient (Wildman–Crippen LogP) is 1.69. The summed E-state index contributed by atoms with van der Waals surface area (Å²) in [5.74, 6) is -1.08. The zero-order valence-electron chi connectivity index (χ0n) is 11.1. The Kier molecular flexibility index (Phi) is 4.10. The van der Waals surface area contributed by atoms with Gasteiger partial charge in [0, 0.05) is 22.6 Å². The van der Waals surface area contributed by atoms with Crippen LogP contribution in [-0.2, 0) is 9.84 Å². The second-order valence-corrected chi connectivity index (χ2v) is 7.01. The third-order valence-corrected chi connectivity index (χ3v) is 4.72. The molecular formula is C13H13N3O3S2. The van der Waals surface area contributed by atoms with Crippen LogP contribution in [0.3, 0.4) is 0 Å². The van der Waals surface area contributed by atoms with E-state index in [4.69, 9.17) is 11.1 Å². The average molecular weight is 323 g/mol. The zero-order chi connectivity index (χ0) is 15.6. The fourth-order valence-electron chi connectivity index (χ4n) is 1.78. The molecule has 8 heteroatoms. The van der Waals surface area contributed by atoms with Crippen molar-refractivity contribution in [1.29, 1.82) is 5.41 Å². The molecule has 1 aromatic carbocycles. The number of nitrogens with two attached hydrogens (primary N) is 1. The second-order valence-electron chi connectivity index (χ2n) is 4.29. The Balaban J connectivity index is 2.54. The maximum atomic E-state index is 12.5. The van der Waals surface area contributed by atoms with Gasteiger partial charge in [0.25, 0.3) is 5.91 Å². The number of nitrogens with one attached hydrogen (secondary N) is 1. The van der Waals surface area contributed by atoms with Gasteiger partial charge in [-0.25, -0.2) is 13.3 Å². The van der Waals surface area contributed by atoms with Crippen LogP contribution in [-0.4, -0.2) is 26.5 Å². The van der Waals surface area contributed by atoms with Gasteiger partial charge in [0.1, 0.15) is 4.90 Å². The molecule has 0 saturated heterocycles. The van der Waals surface area contributed by atoms with Gasteiger partial charge in [0.05, 0.1) is 5.69 Å². The molecule has 2 aromatic rings. The van der Waals surface area contributed by atoms with E-state index in [1.807, 2.05) is 0 Å². The average Bonchev–Trinajstić information content (AvgIpc) is 2.88. The van der Waals surface area contributed by atoms with Gasteiger partial charge in [-0.1, -0.05) is 18.2 Å². The lowest BCUT2D eigenvalue weighted by Crippen LogP contribution is -2.41. The largest absolute Gasteiger partial charge is 0.369 e. The van der Waals surface area contributed by atoms with Crippen LogP contribution in [0.2, 0.25) is 0 Å². The number of anilines is 1. The van der Waals surface area contributed by atoms with E-state index in [1.165, 1.54) is 10.8 Å². The standard InChI is InChI=1S/C13H13N3O3S2/c1-21(18,19)11-8-20-7-10(11)16(13(14)15)12(17)9-5-3-2-4-6-9/h2-8H,1H3,(H3,14,15). The van der Waals surface area contributed by atoms with Crippen LogP contribution in [0.4, 0.5) is 5.69 Å². The highest BCUT2D eigenvalue weighted by Crippen LogP contribution is 2.30. The number of rotatable bonds is 3. The maximum absolute atomic E-state index is 12.5. The molecule has 0 fully saturated rings. The van der Waals surface area contributed by atoms with Crippen LogP contribution in [0.5, 0.6) is 0 Å². The highest BCUT2D eigenvalue weighted by molar-refractivity contribution is 7.91. The molecule has 0 atom stereocenters. The van der Waals surface area contributed by atoms with Crippen LogP contribution < -0.4 is 10.6 Å². The Morgan fingerprint density at radius 3 is 2.38 bits per heavy atom. The number of amides is 1. The first-order valence-corrected chi connectivity index (χ1v) is 8.65. The van der Waals surface area contributed by atoms with Gasteiger partial charge in [-0.05, 0) is 12.1 Å². The lowest BCUT2D eigenvalue weighted by Gasteiger charge is -2.20. The van der Waals surface area contributed by atoms with E-state index < -0.39 is 21.7 Å². The normalized spacial score (nSPS) is 11.1. The molecule has 3 N–H and O–H groups in total. The summed E-state index contributed by atoms with van der Waals surface area (Å²) in [7, 11) is -3.52. The minimum Gasteiger partial charge on any atom is -0.369 e. The van der Waals surface area contributed by atoms with Gasteiger partial charge in [0.15, 0.2) is 15.8 Å². The summed E-state index contributed by atoms with van der Waals surface area (Å²) in [6.45, 7) is 0. The number of carbonyl (C=O) groups is 1. The number of hydrogen-bond acceptors (Lipinski definition) is 5. The number of nitrogens with zero attached hydrogens (tertiary/aromatic N) is 1. The lowest BCUT2D eigenvalue weighted by molar-refractivity contribution is 0.100. The minimum absolute atomic E-state index is 0.0213. The molecule has 0 bridgehead atoms. The summed E-state index contributed by atoms with van der Waals surface area (Å²) in [6.07, 6.45) is 1.05. The number of guanidine groups is 1. The first-order chi connectivity index (χ1) is 9.82. The van der Waals surface area contributed by atoms with Crippen molar-refractivity contribution in [1.82, 2.24) is 0 Å². The summed E-state index contributed by atoms with van der Waals surface area (Å²) in [5.41, 5.74) is 5.90. The maximum Gasteiger partial charge on any atom is 0.265 e. The smallest absolute Gasteiger partial charge is 0.265 e. The number of sulfone groups is 1. The Morgan fingerprint density at radius 1 is 1.24 bits per heavy atom. The highest BCUT2D eigenvalue weighted by Gasteiger charge is 2.27. The van der Waals surface area contributed by atoms with Crippen LogP contribution >= 0.6 is 11.3 Å². The van der Waals surface area contributed by atoms with Gasteiger partial charge in [-0.2, -0.15) is 0 Å². The van der Waals surface area contributed by atoms with Crippen LogP contribution in [0, 0.1) is 5.41 Å². The number of carbonyl (C=O) groups excluding carboxylic acids is 1. The molecule has 0 radical (unpaired) electrons. The van der Waals surface area contributed by atoms with Crippen molar-refractivity contribution in [2.75, 3.05) is 11.2 Å². The molecular weight excluding hydrogens is 310 g/mol. The van der Waals surface area contributed by atoms with Gasteiger partial charge in [-0.15, -0.1) is 11.3 Å². The number of thiophene rings is 1. The van der Waals surface area contributed by atoms with Crippen LogP contribution in [0.1, 0.15) is 10.4 Å². The Labute approximate surface area is 126 Å². The van der Waals surface area contributed by atoms with Crippen molar-refractivity contribution in [3.8, 4) is 0 Å². The topological polar surface area (TPSA) is 104 Å². The zero-order valence-corrected chi connectivity index (χ0v) is 12.7. The van der Waals surface area contributed by atoms with E-state index in [2.05, 4.69) is 0 Å². The summed E-state index contributed by atoms with van der Waals surface area (Å²) in [6, 6.07) is 8.25. The monoisotopic (exact) mass is 323 g/mol. The van der Waals surface area contributed by atoms with Crippen molar-refractivity contribution in [3.05, 3.63) is 46.7 Å². The fraction of sp³-hybridized carbons (Fsp3) is 0.0769. The molecule has 1 aromatic heterocycles. The summed E-state index contributed by atoms with van der Waals surface area (Å²) in [4.78, 5) is 13.3. The predicted molar refractivity (Wildman–Crippen MR) is 82.6 cm³/mol. The van der Waals surface area contributed by atoms with Crippen molar-refractivity contribution in [2.24, 2.45) is 5.73 Å². The van der Waals surface area contributed by atoms with Crippen LogP contribution in [0.25, 0.3) is 0 Å². The first-order valence-electron chi connectivity index (χ1n) is 5.82. The third-order valence-electron chi connectivity index (χ3n) is 2.71. The first kappa shape index (κ1) is 15.2. The number of benzene rings is 1. The van der Waals surface area contributed by atoms with E-state index in [1.54, 1.807) is 30.3 Å². The molecule has 1 amide bonds. The molecule has 0 aliphatic rings. The Morgan fingerprint density at radius 2 is 1.86 bits per heavy atom. The van der Waals surface area contributed by atoms with Gasteiger partial charge >= 0.3 is 0 Å². The number of hydrogen-bond donors (Lipinski definition) is 2. The highest BCUT2D eigenvalue weighted by atomic mass is 32.2.